The topological polar surface area (TPSA) is 55.1 Å². The number of hydrogen-bond acceptors (Lipinski definition) is 4. The molecule has 0 fully saturated rings. The summed E-state index contributed by atoms with van der Waals surface area (Å²) in [4.78, 5) is 16.1. The lowest BCUT2D eigenvalue weighted by Crippen LogP contribution is -2.34. The number of aromatic nitrogens is 1. The van der Waals surface area contributed by atoms with Gasteiger partial charge >= 0.3 is 0 Å². The van der Waals surface area contributed by atoms with Gasteiger partial charge in [0.25, 0.3) is 5.91 Å². The van der Waals surface area contributed by atoms with Crippen LogP contribution in [-0.4, -0.2) is 16.9 Å². The van der Waals surface area contributed by atoms with E-state index in [-0.39, 0.29) is 17.9 Å². The largest absolute Gasteiger partial charge is 0.447 e. The second-order valence-electron chi connectivity index (χ2n) is 4.93. The van der Waals surface area contributed by atoms with Crippen LogP contribution in [0.4, 0.5) is 0 Å². The van der Waals surface area contributed by atoms with Crippen molar-refractivity contribution in [3.8, 4) is 0 Å². The first kappa shape index (κ1) is 13.8. The molecule has 0 saturated carbocycles. The van der Waals surface area contributed by atoms with Gasteiger partial charge in [-0.2, -0.15) is 11.3 Å². The first-order valence-electron chi connectivity index (χ1n) is 6.33. The molecular weight excluding hydrogens is 260 g/mol. The quantitative estimate of drug-likeness (QED) is 0.913. The summed E-state index contributed by atoms with van der Waals surface area (Å²) >= 11 is 1.66. The first-order valence-corrected chi connectivity index (χ1v) is 7.27. The highest BCUT2D eigenvalue weighted by Crippen LogP contribution is 2.18. The predicted molar refractivity (Wildman–Crippen MR) is 75.5 cm³/mol. The van der Waals surface area contributed by atoms with Crippen molar-refractivity contribution in [2.45, 2.75) is 39.2 Å². The number of nitrogens with one attached hydrogen (secondary N) is 1. The molecule has 2 heterocycles. The number of rotatable bonds is 5. The minimum Gasteiger partial charge on any atom is -0.447 e. The average molecular weight is 278 g/mol. The summed E-state index contributed by atoms with van der Waals surface area (Å²) in [5, 5.41) is 7.09. The summed E-state index contributed by atoms with van der Waals surface area (Å²) < 4.78 is 5.26. The monoisotopic (exact) mass is 278 g/mol. The van der Waals surface area contributed by atoms with E-state index >= 15 is 0 Å². The normalized spacial score (nSPS) is 12.6. The van der Waals surface area contributed by atoms with E-state index in [0.717, 1.165) is 6.42 Å². The summed E-state index contributed by atoms with van der Waals surface area (Å²) in [5.74, 6) is 0.621. The molecule has 1 atom stereocenters. The van der Waals surface area contributed by atoms with Gasteiger partial charge in [0, 0.05) is 12.0 Å². The Morgan fingerprint density at radius 1 is 1.47 bits per heavy atom. The molecule has 0 aliphatic carbocycles. The summed E-state index contributed by atoms with van der Waals surface area (Å²) in [6.07, 6.45) is 2.15. The van der Waals surface area contributed by atoms with Crippen LogP contribution < -0.4 is 5.32 Å². The highest BCUT2D eigenvalue weighted by Gasteiger charge is 2.20. The fourth-order valence-corrected chi connectivity index (χ4v) is 2.62. The Kier molecular flexibility index (Phi) is 4.37. The fraction of sp³-hybridized carbons (Fsp3) is 0.429. The lowest BCUT2D eigenvalue weighted by molar-refractivity contribution is 0.0933. The van der Waals surface area contributed by atoms with Crippen molar-refractivity contribution in [1.82, 2.24) is 10.3 Å². The molecule has 0 radical (unpaired) electrons. The standard InChI is InChI=1S/C14H18N2O2S/c1-9(2)13-12(15-8-18-13)14(17)16-10(3)6-11-4-5-19-7-11/h4-5,7-10H,6H2,1-3H3,(H,16,17). The molecule has 1 amide bonds. The zero-order chi connectivity index (χ0) is 13.8. The zero-order valence-corrected chi connectivity index (χ0v) is 12.2. The van der Waals surface area contributed by atoms with Gasteiger partial charge in [0.15, 0.2) is 12.1 Å². The molecule has 1 unspecified atom stereocenters. The molecule has 1 N–H and O–H groups in total. The van der Waals surface area contributed by atoms with Gasteiger partial charge in [0.05, 0.1) is 0 Å². The predicted octanol–water partition coefficient (Wildman–Crippen LogP) is 3.22. The van der Waals surface area contributed by atoms with E-state index in [9.17, 15) is 4.79 Å². The number of thiophene rings is 1. The van der Waals surface area contributed by atoms with Gasteiger partial charge in [-0.25, -0.2) is 4.98 Å². The highest BCUT2D eigenvalue weighted by molar-refractivity contribution is 7.07. The van der Waals surface area contributed by atoms with Crippen molar-refractivity contribution < 1.29 is 9.21 Å². The van der Waals surface area contributed by atoms with Crippen LogP contribution in [0.2, 0.25) is 0 Å². The summed E-state index contributed by atoms with van der Waals surface area (Å²) in [5.41, 5.74) is 1.63. The van der Waals surface area contributed by atoms with E-state index in [1.807, 2.05) is 26.2 Å². The first-order chi connectivity index (χ1) is 9.08. The van der Waals surface area contributed by atoms with E-state index in [4.69, 9.17) is 4.42 Å². The van der Waals surface area contributed by atoms with Crippen LogP contribution in [0.1, 0.15) is 48.5 Å². The van der Waals surface area contributed by atoms with Crippen molar-refractivity contribution >= 4 is 17.2 Å². The second kappa shape index (κ2) is 6.02. The van der Waals surface area contributed by atoms with Crippen LogP contribution in [0.25, 0.3) is 0 Å². The van der Waals surface area contributed by atoms with E-state index in [1.165, 1.54) is 12.0 Å². The van der Waals surface area contributed by atoms with E-state index < -0.39 is 0 Å². The van der Waals surface area contributed by atoms with Gasteiger partial charge in [-0.1, -0.05) is 13.8 Å². The lowest BCUT2D eigenvalue weighted by Gasteiger charge is -2.13. The number of carbonyl (C=O) groups excluding carboxylic acids is 1. The SMILES string of the molecule is CC(Cc1ccsc1)NC(=O)c1ncoc1C(C)C. The van der Waals surface area contributed by atoms with Crippen molar-refractivity contribution in [2.24, 2.45) is 0 Å². The van der Waals surface area contributed by atoms with Gasteiger partial charge in [0.1, 0.15) is 5.76 Å². The molecular formula is C14H18N2O2S. The lowest BCUT2D eigenvalue weighted by atomic mass is 10.1. The number of amides is 1. The summed E-state index contributed by atoms with van der Waals surface area (Å²) in [6, 6.07) is 2.14. The molecule has 0 aliphatic heterocycles. The van der Waals surface area contributed by atoms with Gasteiger partial charge in [0.2, 0.25) is 0 Å². The van der Waals surface area contributed by atoms with Gasteiger partial charge < -0.3 is 9.73 Å². The molecule has 2 aromatic rings. The third kappa shape index (κ3) is 3.44. The molecule has 0 spiro atoms. The van der Waals surface area contributed by atoms with Crippen molar-refractivity contribution in [3.63, 3.8) is 0 Å². The Hall–Kier alpha value is -1.62. The number of hydrogen-bond donors (Lipinski definition) is 1. The zero-order valence-electron chi connectivity index (χ0n) is 11.3. The minimum atomic E-state index is -0.167. The van der Waals surface area contributed by atoms with Crippen LogP contribution in [0.3, 0.4) is 0 Å². The van der Waals surface area contributed by atoms with E-state index in [1.54, 1.807) is 11.3 Å². The maximum atomic E-state index is 12.1. The molecule has 2 rings (SSSR count). The molecule has 0 aliphatic rings. The van der Waals surface area contributed by atoms with Crippen LogP contribution >= 0.6 is 11.3 Å². The Labute approximate surface area is 116 Å². The number of oxazole rings is 1. The van der Waals surface area contributed by atoms with Crippen LogP contribution in [0.5, 0.6) is 0 Å². The molecule has 4 nitrogen and oxygen atoms in total. The smallest absolute Gasteiger partial charge is 0.273 e. The Morgan fingerprint density at radius 3 is 2.89 bits per heavy atom. The third-order valence-electron chi connectivity index (χ3n) is 2.83. The van der Waals surface area contributed by atoms with Crippen molar-refractivity contribution in [2.75, 3.05) is 0 Å². The van der Waals surface area contributed by atoms with Crippen LogP contribution in [-0.2, 0) is 6.42 Å². The fourth-order valence-electron chi connectivity index (χ4n) is 1.94. The van der Waals surface area contributed by atoms with Crippen molar-refractivity contribution in [3.05, 3.63) is 40.2 Å². The van der Waals surface area contributed by atoms with E-state index in [0.29, 0.717) is 11.5 Å². The molecule has 102 valence electrons. The molecule has 0 aromatic carbocycles. The number of nitrogens with zero attached hydrogens (tertiary/aromatic N) is 1. The maximum Gasteiger partial charge on any atom is 0.273 e. The Bertz CT molecular complexity index is 531. The van der Waals surface area contributed by atoms with E-state index in [2.05, 4.69) is 21.7 Å². The average Bonchev–Trinajstić information content (AvgIpc) is 2.97. The molecule has 5 heteroatoms. The van der Waals surface area contributed by atoms with Crippen LogP contribution in [0, 0.1) is 0 Å². The second-order valence-corrected chi connectivity index (χ2v) is 5.71. The number of carbonyl (C=O) groups is 1. The summed E-state index contributed by atoms with van der Waals surface area (Å²) in [7, 11) is 0. The maximum absolute atomic E-state index is 12.1. The highest BCUT2D eigenvalue weighted by atomic mass is 32.1. The summed E-state index contributed by atoms with van der Waals surface area (Å²) in [6.45, 7) is 5.95. The Morgan fingerprint density at radius 2 is 2.26 bits per heavy atom. The van der Waals surface area contributed by atoms with Crippen LogP contribution in [0.15, 0.2) is 27.6 Å². The van der Waals surface area contributed by atoms with Gasteiger partial charge in [-0.3, -0.25) is 4.79 Å². The molecule has 19 heavy (non-hydrogen) atoms. The Balaban J connectivity index is 1.98. The van der Waals surface area contributed by atoms with Gasteiger partial charge in [-0.15, -0.1) is 0 Å². The van der Waals surface area contributed by atoms with Gasteiger partial charge in [-0.05, 0) is 35.7 Å². The molecule has 0 bridgehead atoms. The van der Waals surface area contributed by atoms with Crippen molar-refractivity contribution in [1.29, 1.82) is 0 Å². The third-order valence-corrected chi connectivity index (χ3v) is 3.57. The molecule has 0 saturated heterocycles. The molecule has 2 aromatic heterocycles. The minimum absolute atomic E-state index is 0.0683.